The van der Waals surface area contributed by atoms with Crippen LogP contribution in [0, 0.1) is 10.1 Å². The van der Waals surface area contributed by atoms with Crippen molar-refractivity contribution in [2.75, 3.05) is 0 Å². The van der Waals surface area contributed by atoms with Gasteiger partial charge in [0.25, 0.3) is 5.69 Å². The summed E-state index contributed by atoms with van der Waals surface area (Å²) < 4.78 is 74.2. The van der Waals surface area contributed by atoms with E-state index in [1.54, 1.807) is 0 Å². The zero-order valence-corrected chi connectivity index (χ0v) is 9.65. The van der Waals surface area contributed by atoms with Gasteiger partial charge in [-0.15, -0.1) is 0 Å². The lowest BCUT2D eigenvalue weighted by atomic mass is 10.1. The monoisotopic (exact) mass is 337 g/mol. The van der Waals surface area contributed by atoms with Crippen LogP contribution in [0.3, 0.4) is 0 Å². The summed E-state index contributed by atoms with van der Waals surface area (Å²) in [6.45, 7) is 0. The molecule has 1 aromatic rings. The fourth-order valence-corrected chi connectivity index (χ4v) is 1.69. The van der Waals surface area contributed by atoms with Crippen LogP contribution in [0.1, 0.15) is 11.1 Å². The van der Waals surface area contributed by atoms with Crippen LogP contribution in [-0.2, 0) is 12.4 Å². The molecule has 0 aromatic heterocycles. The van der Waals surface area contributed by atoms with Crippen molar-refractivity contribution in [1.82, 2.24) is 0 Å². The zero-order chi connectivity index (χ0) is 14.3. The molecule has 0 radical (unpaired) electrons. The maximum atomic E-state index is 12.5. The van der Waals surface area contributed by atoms with Gasteiger partial charge in [-0.3, -0.25) is 10.1 Å². The van der Waals surface area contributed by atoms with Crippen molar-refractivity contribution >= 4 is 21.6 Å². The van der Waals surface area contributed by atoms with Gasteiger partial charge in [0.05, 0.1) is 4.92 Å². The van der Waals surface area contributed by atoms with E-state index in [1.807, 2.05) is 0 Å². The number of rotatable bonds is 1. The van der Waals surface area contributed by atoms with Crippen LogP contribution in [0.4, 0.5) is 32.0 Å². The summed E-state index contributed by atoms with van der Waals surface area (Å²) in [4.78, 5) is 8.74. The third-order valence-corrected chi connectivity index (χ3v) is 2.33. The number of benzene rings is 1. The van der Waals surface area contributed by atoms with E-state index < -0.39 is 38.6 Å². The fourth-order valence-electron chi connectivity index (χ4n) is 1.23. The molecule has 0 aliphatic heterocycles. The summed E-state index contributed by atoms with van der Waals surface area (Å²) in [6.07, 6.45) is -10.5. The van der Waals surface area contributed by atoms with Crippen molar-refractivity contribution in [2.24, 2.45) is 0 Å². The predicted molar refractivity (Wildman–Crippen MR) is 50.8 cm³/mol. The molecule has 0 saturated heterocycles. The van der Waals surface area contributed by atoms with E-state index in [9.17, 15) is 36.5 Å². The van der Waals surface area contributed by atoms with Crippen LogP contribution in [0.25, 0.3) is 0 Å². The van der Waals surface area contributed by atoms with Crippen molar-refractivity contribution in [3.8, 4) is 0 Å². The minimum atomic E-state index is -5.26. The molecule has 0 N–H and O–H groups in total. The Balaban J connectivity index is 3.74. The molecule has 1 rings (SSSR count). The fraction of sp³-hybridized carbons (Fsp3) is 0.250. The summed E-state index contributed by atoms with van der Waals surface area (Å²) >= 11 is 2.46. The van der Waals surface area contributed by atoms with Crippen LogP contribution in [-0.4, -0.2) is 4.92 Å². The Morgan fingerprint density at radius 1 is 1.00 bits per heavy atom. The molecular formula is C8H2BrF6NO2. The van der Waals surface area contributed by atoms with Crippen LogP contribution in [0.15, 0.2) is 16.6 Å². The van der Waals surface area contributed by atoms with E-state index in [4.69, 9.17) is 0 Å². The van der Waals surface area contributed by atoms with E-state index in [-0.39, 0.29) is 12.1 Å². The van der Waals surface area contributed by atoms with Crippen molar-refractivity contribution < 1.29 is 31.3 Å². The average molecular weight is 338 g/mol. The normalized spacial score (nSPS) is 12.6. The average Bonchev–Trinajstić information content (AvgIpc) is 2.12. The van der Waals surface area contributed by atoms with Crippen LogP contribution in [0.2, 0.25) is 0 Å². The predicted octanol–water partition coefficient (Wildman–Crippen LogP) is 4.39. The molecule has 0 atom stereocenters. The molecule has 3 nitrogen and oxygen atoms in total. The molecule has 0 saturated carbocycles. The Bertz CT molecular complexity index is 460. The quantitative estimate of drug-likeness (QED) is 0.433. The molecule has 0 aliphatic rings. The number of hydrogen-bond donors (Lipinski definition) is 0. The van der Waals surface area contributed by atoms with Gasteiger partial charge >= 0.3 is 12.4 Å². The second-order valence-corrected chi connectivity index (χ2v) is 4.02. The largest absolute Gasteiger partial charge is 0.423 e. The molecular weight excluding hydrogens is 336 g/mol. The second kappa shape index (κ2) is 4.41. The highest BCUT2D eigenvalue weighted by Gasteiger charge is 2.46. The summed E-state index contributed by atoms with van der Waals surface area (Å²) in [7, 11) is 0. The summed E-state index contributed by atoms with van der Waals surface area (Å²) in [6, 6.07) is 0.459. The third kappa shape index (κ3) is 2.92. The molecule has 0 amide bonds. The molecule has 0 aliphatic carbocycles. The number of nitro benzene ring substituents is 1. The Morgan fingerprint density at radius 3 is 1.56 bits per heavy atom. The van der Waals surface area contributed by atoms with Gasteiger partial charge in [0, 0.05) is 4.47 Å². The van der Waals surface area contributed by atoms with Gasteiger partial charge in [0.15, 0.2) is 0 Å². The van der Waals surface area contributed by atoms with Gasteiger partial charge in [-0.05, 0) is 12.1 Å². The number of nitro groups is 1. The van der Waals surface area contributed by atoms with Crippen molar-refractivity contribution in [2.45, 2.75) is 12.4 Å². The Labute approximate surface area is 104 Å². The van der Waals surface area contributed by atoms with Crippen LogP contribution < -0.4 is 0 Å². The lowest BCUT2D eigenvalue weighted by Gasteiger charge is -2.13. The van der Waals surface area contributed by atoms with Gasteiger partial charge in [0.1, 0.15) is 11.1 Å². The lowest BCUT2D eigenvalue weighted by Crippen LogP contribution is -2.15. The van der Waals surface area contributed by atoms with Gasteiger partial charge in [-0.2, -0.15) is 26.3 Å². The highest BCUT2D eigenvalue weighted by atomic mass is 79.9. The number of alkyl halides is 6. The molecule has 0 bridgehead atoms. The molecule has 0 fully saturated rings. The molecule has 1 aromatic carbocycles. The van der Waals surface area contributed by atoms with Crippen molar-refractivity contribution in [1.29, 1.82) is 0 Å². The highest BCUT2D eigenvalue weighted by Crippen LogP contribution is 2.45. The minimum Gasteiger partial charge on any atom is -0.258 e. The Hall–Kier alpha value is -1.32. The third-order valence-electron chi connectivity index (χ3n) is 1.87. The van der Waals surface area contributed by atoms with Gasteiger partial charge < -0.3 is 0 Å². The van der Waals surface area contributed by atoms with E-state index >= 15 is 0 Å². The molecule has 0 heterocycles. The second-order valence-electron chi connectivity index (χ2n) is 3.10. The standard InChI is InChI=1S/C8H2BrF6NO2/c9-3-1-4(7(10,11)12)6(16(17)18)5(2-3)8(13,14)15/h1-2H. The van der Waals surface area contributed by atoms with Gasteiger partial charge in [-0.25, -0.2) is 0 Å². The van der Waals surface area contributed by atoms with Gasteiger partial charge in [-0.1, -0.05) is 15.9 Å². The molecule has 0 spiro atoms. The Morgan fingerprint density at radius 2 is 1.33 bits per heavy atom. The minimum absolute atomic E-state index is 0.230. The summed E-state index contributed by atoms with van der Waals surface area (Å²) in [5, 5.41) is 10.4. The van der Waals surface area contributed by atoms with Crippen molar-refractivity contribution in [3.05, 3.63) is 37.8 Å². The van der Waals surface area contributed by atoms with Crippen LogP contribution >= 0.6 is 15.9 Å². The maximum Gasteiger partial charge on any atom is 0.423 e. The zero-order valence-electron chi connectivity index (χ0n) is 8.06. The lowest BCUT2D eigenvalue weighted by molar-refractivity contribution is -0.391. The maximum absolute atomic E-state index is 12.5. The SMILES string of the molecule is O=[N+]([O-])c1c(C(F)(F)F)cc(Br)cc1C(F)(F)F. The Kier molecular flexibility index (Phi) is 3.61. The number of halogens is 7. The summed E-state index contributed by atoms with van der Waals surface area (Å²) in [5.74, 6) is 0. The summed E-state index contributed by atoms with van der Waals surface area (Å²) in [5.41, 5.74) is -5.90. The number of hydrogen-bond acceptors (Lipinski definition) is 2. The highest BCUT2D eigenvalue weighted by molar-refractivity contribution is 9.10. The van der Waals surface area contributed by atoms with E-state index in [2.05, 4.69) is 15.9 Å². The first-order valence-electron chi connectivity index (χ1n) is 4.07. The first kappa shape index (κ1) is 14.7. The van der Waals surface area contributed by atoms with E-state index in [1.165, 1.54) is 0 Å². The molecule has 100 valence electrons. The first-order chi connectivity index (χ1) is 7.94. The smallest absolute Gasteiger partial charge is 0.258 e. The topological polar surface area (TPSA) is 43.1 Å². The van der Waals surface area contributed by atoms with Crippen molar-refractivity contribution in [3.63, 3.8) is 0 Å². The molecule has 18 heavy (non-hydrogen) atoms. The van der Waals surface area contributed by atoms with Crippen LogP contribution in [0.5, 0.6) is 0 Å². The first-order valence-corrected chi connectivity index (χ1v) is 4.86. The van der Waals surface area contributed by atoms with E-state index in [0.29, 0.717) is 0 Å². The molecule has 0 unspecified atom stereocenters. The molecule has 10 heteroatoms. The van der Waals surface area contributed by atoms with E-state index in [0.717, 1.165) is 0 Å². The number of nitrogens with zero attached hydrogens (tertiary/aromatic N) is 1. The van der Waals surface area contributed by atoms with Gasteiger partial charge in [0.2, 0.25) is 0 Å².